The van der Waals surface area contributed by atoms with Crippen molar-refractivity contribution in [1.29, 1.82) is 0 Å². The Morgan fingerprint density at radius 1 is 1.46 bits per heavy atom. The Morgan fingerprint density at radius 2 is 2.15 bits per heavy atom. The van der Waals surface area contributed by atoms with Crippen LogP contribution in [0, 0.1) is 5.82 Å². The molecule has 2 rings (SSSR count). The van der Waals surface area contributed by atoms with E-state index in [0.29, 0.717) is 23.7 Å². The highest BCUT2D eigenvalue weighted by Gasteiger charge is 2.38. The number of hydrogen-bond donors (Lipinski definition) is 2. The minimum Gasteiger partial charge on any atom is -0.319 e. The molecule has 2 nitrogen and oxygen atoms in total. The first kappa shape index (κ1) is 8.94. The molecule has 0 aliphatic carbocycles. The Balaban J connectivity index is 2.49. The van der Waals surface area contributed by atoms with Crippen molar-refractivity contribution in [3.05, 3.63) is 34.6 Å². The predicted octanol–water partition coefficient (Wildman–Crippen LogP) is 1.24. The van der Waals surface area contributed by atoms with Crippen LogP contribution in [-0.2, 0) is 5.54 Å². The van der Waals surface area contributed by atoms with E-state index in [1.165, 1.54) is 6.07 Å². The number of benzene rings is 1. The largest absolute Gasteiger partial charge is 0.319 e. The summed E-state index contributed by atoms with van der Waals surface area (Å²) < 4.78 is 13.4. The van der Waals surface area contributed by atoms with Crippen LogP contribution >= 0.6 is 11.6 Å². The molecule has 13 heavy (non-hydrogen) atoms. The van der Waals surface area contributed by atoms with E-state index in [1.807, 2.05) is 0 Å². The van der Waals surface area contributed by atoms with Gasteiger partial charge in [-0.2, -0.15) is 0 Å². The zero-order valence-electron chi connectivity index (χ0n) is 6.98. The fourth-order valence-electron chi connectivity index (χ4n) is 1.54. The number of hydrogen-bond acceptors (Lipinski definition) is 2. The fourth-order valence-corrected chi connectivity index (χ4v) is 1.90. The zero-order valence-corrected chi connectivity index (χ0v) is 7.74. The van der Waals surface area contributed by atoms with E-state index >= 15 is 0 Å². The van der Waals surface area contributed by atoms with Gasteiger partial charge in [0.15, 0.2) is 0 Å². The average molecular weight is 201 g/mol. The SMILES string of the molecule is NC1(c2c(F)cccc2Cl)CNC1. The van der Waals surface area contributed by atoms with Gasteiger partial charge in [-0.05, 0) is 12.1 Å². The van der Waals surface area contributed by atoms with Gasteiger partial charge in [-0.25, -0.2) is 4.39 Å². The highest BCUT2D eigenvalue weighted by atomic mass is 35.5. The summed E-state index contributed by atoms with van der Waals surface area (Å²) in [6, 6.07) is 4.62. The van der Waals surface area contributed by atoms with Crippen LogP contribution in [0.25, 0.3) is 0 Å². The lowest BCUT2D eigenvalue weighted by atomic mass is 9.85. The van der Waals surface area contributed by atoms with Gasteiger partial charge < -0.3 is 11.1 Å². The third-order valence-corrected chi connectivity index (χ3v) is 2.66. The molecule has 0 radical (unpaired) electrons. The quantitative estimate of drug-likeness (QED) is 0.716. The van der Waals surface area contributed by atoms with E-state index in [0.717, 1.165) is 0 Å². The maximum Gasteiger partial charge on any atom is 0.129 e. The second-order valence-corrected chi connectivity index (χ2v) is 3.76. The lowest BCUT2D eigenvalue weighted by molar-refractivity contribution is 0.278. The van der Waals surface area contributed by atoms with Crippen LogP contribution in [0.5, 0.6) is 0 Å². The van der Waals surface area contributed by atoms with Gasteiger partial charge in [0.1, 0.15) is 5.82 Å². The standard InChI is InChI=1S/C9H10ClFN2/c10-6-2-1-3-7(11)8(6)9(12)4-13-5-9/h1-3,13H,4-5,12H2. The molecule has 0 unspecified atom stereocenters. The van der Waals surface area contributed by atoms with Gasteiger partial charge in [0.05, 0.1) is 5.54 Å². The van der Waals surface area contributed by atoms with Crippen molar-refractivity contribution in [2.45, 2.75) is 5.54 Å². The van der Waals surface area contributed by atoms with Gasteiger partial charge >= 0.3 is 0 Å². The van der Waals surface area contributed by atoms with Gasteiger partial charge in [0.25, 0.3) is 0 Å². The molecule has 1 aliphatic rings. The second-order valence-electron chi connectivity index (χ2n) is 3.36. The molecule has 70 valence electrons. The Hall–Kier alpha value is -0.640. The number of nitrogens with one attached hydrogen (secondary N) is 1. The maximum atomic E-state index is 13.4. The third kappa shape index (κ3) is 1.33. The molecule has 1 saturated heterocycles. The molecular formula is C9H10ClFN2. The molecular weight excluding hydrogens is 191 g/mol. The van der Waals surface area contributed by atoms with Gasteiger partial charge in [0, 0.05) is 23.7 Å². The molecule has 1 aliphatic heterocycles. The van der Waals surface area contributed by atoms with Crippen LogP contribution < -0.4 is 11.1 Å². The summed E-state index contributed by atoms with van der Waals surface area (Å²) in [5.41, 5.74) is 5.74. The molecule has 0 aromatic heterocycles. The van der Waals surface area contributed by atoms with Gasteiger partial charge in [0.2, 0.25) is 0 Å². The molecule has 0 saturated carbocycles. The Morgan fingerprint density at radius 3 is 2.62 bits per heavy atom. The first-order chi connectivity index (χ1) is 6.13. The minimum absolute atomic E-state index is 0.323. The summed E-state index contributed by atoms with van der Waals surface area (Å²) >= 11 is 5.88. The number of halogens is 2. The summed E-state index contributed by atoms with van der Waals surface area (Å²) in [5.74, 6) is -0.323. The Bertz CT molecular complexity index is 316. The van der Waals surface area contributed by atoms with E-state index in [4.69, 9.17) is 17.3 Å². The Labute approximate surface area is 80.9 Å². The Kier molecular flexibility index (Phi) is 2.02. The lowest BCUT2D eigenvalue weighted by Crippen LogP contribution is -2.63. The van der Waals surface area contributed by atoms with Crippen molar-refractivity contribution >= 4 is 11.6 Å². The summed E-state index contributed by atoms with van der Waals surface area (Å²) in [5, 5.41) is 3.41. The predicted molar refractivity (Wildman–Crippen MR) is 50.1 cm³/mol. The van der Waals surface area contributed by atoms with Gasteiger partial charge in [-0.1, -0.05) is 17.7 Å². The smallest absolute Gasteiger partial charge is 0.129 e. The van der Waals surface area contributed by atoms with Crippen molar-refractivity contribution in [2.24, 2.45) is 5.73 Å². The van der Waals surface area contributed by atoms with Crippen molar-refractivity contribution in [3.8, 4) is 0 Å². The van der Waals surface area contributed by atoms with Crippen molar-refractivity contribution < 1.29 is 4.39 Å². The highest BCUT2D eigenvalue weighted by Crippen LogP contribution is 2.31. The van der Waals surface area contributed by atoms with Crippen LogP contribution in [0.1, 0.15) is 5.56 Å². The topological polar surface area (TPSA) is 38.0 Å². The lowest BCUT2D eigenvalue weighted by Gasteiger charge is -2.40. The molecule has 4 heteroatoms. The van der Waals surface area contributed by atoms with Crippen molar-refractivity contribution in [2.75, 3.05) is 13.1 Å². The molecule has 0 spiro atoms. The van der Waals surface area contributed by atoms with E-state index in [2.05, 4.69) is 5.32 Å². The van der Waals surface area contributed by atoms with Gasteiger partial charge in [-0.15, -0.1) is 0 Å². The minimum atomic E-state index is -0.623. The zero-order chi connectivity index (χ0) is 9.47. The molecule has 1 heterocycles. The van der Waals surface area contributed by atoms with Crippen LogP contribution in [-0.4, -0.2) is 13.1 Å². The summed E-state index contributed by atoms with van der Waals surface area (Å²) in [6.07, 6.45) is 0. The van der Waals surface area contributed by atoms with Crippen molar-refractivity contribution in [1.82, 2.24) is 5.32 Å². The number of nitrogens with two attached hydrogens (primary N) is 1. The fraction of sp³-hybridized carbons (Fsp3) is 0.333. The van der Waals surface area contributed by atoms with E-state index < -0.39 is 5.54 Å². The molecule has 1 aromatic rings. The molecule has 1 aromatic carbocycles. The van der Waals surface area contributed by atoms with E-state index in [-0.39, 0.29) is 5.82 Å². The summed E-state index contributed by atoms with van der Waals surface area (Å²) in [7, 11) is 0. The average Bonchev–Trinajstić information content (AvgIpc) is 2.01. The summed E-state index contributed by atoms with van der Waals surface area (Å²) in [4.78, 5) is 0. The second kappa shape index (κ2) is 2.94. The highest BCUT2D eigenvalue weighted by molar-refractivity contribution is 6.31. The normalized spacial score (nSPS) is 19.6. The molecule has 3 N–H and O–H groups in total. The summed E-state index contributed by atoms with van der Waals surface area (Å²) in [6.45, 7) is 1.15. The molecule has 0 bridgehead atoms. The monoisotopic (exact) mass is 200 g/mol. The van der Waals surface area contributed by atoms with Crippen LogP contribution in [0.3, 0.4) is 0 Å². The third-order valence-electron chi connectivity index (χ3n) is 2.34. The number of rotatable bonds is 1. The molecule has 1 fully saturated rings. The van der Waals surface area contributed by atoms with Gasteiger partial charge in [-0.3, -0.25) is 0 Å². The first-order valence-electron chi connectivity index (χ1n) is 4.07. The maximum absolute atomic E-state index is 13.4. The molecule has 0 amide bonds. The molecule has 0 atom stereocenters. The van der Waals surface area contributed by atoms with Crippen molar-refractivity contribution in [3.63, 3.8) is 0 Å². The van der Waals surface area contributed by atoms with E-state index in [1.54, 1.807) is 12.1 Å². The van der Waals surface area contributed by atoms with Crippen LogP contribution in [0.15, 0.2) is 18.2 Å². The van der Waals surface area contributed by atoms with Crippen LogP contribution in [0.2, 0.25) is 5.02 Å². The van der Waals surface area contributed by atoms with E-state index in [9.17, 15) is 4.39 Å². The van der Waals surface area contributed by atoms with Crippen LogP contribution in [0.4, 0.5) is 4.39 Å². The first-order valence-corrected chi connectivity index (χ1v) is 4.45.